The number of hydrogen-bond donors (Lipinski definition) is 1. The molecule has 4 nitrogen and oxygen atoms in total. The highest BCUT2D eigenvalue weighted by molar-refractivity contribution is 5.94. The fourth-order valence-electron chi connectivity index (χ4n) is 2.08. The van der Waals surface area contributed by atoms with Crippen LogP contribution in [0.4, 0.5) is 4.39 Å². The summed E-state index contributed by atoms with van der Waals surface area (Å²) in [5.41, 5.74) is 2.43. The Morgan fingerprint density at radius 1 is 1.09 bits per heavy atom. The van der Waals surface area contributed by atoms with Crippen molar-refractivity contribution in [1.29, 1.82) is 0 Å². The molecule has 0 radical (unpaired) electrons. The summed E-state index contributed by atoms with van der Waals surface area (Å²) in [5, 5.41) is 2.81. The van der Waals surface area contributed by atoms with Gasteiger partial charge in [0, 0.05) is 30.2 Å². The first kappa shape index (κ1) is 14.0. The van der Waals surface area contributed by atoms with E-state index in [9.17, 15) is 9.18 Å². The van der Waals surface area contributed by atoms with Gasteiger partial charge in [0.15, 0.2) is 0 Å². The molecular weight excluding hydrogens is 281 g/mol. The van der Waals surface area contributed by atoms with Crippen molar-refractivity contribution in [3.8, 4) is 5.69 Å². The standard InChI is InChI=1S/C17H14FN3O/c18-15-5-3-14(4-6-15)17(22)20-11-13-1-7-16(8-2-13)21-10-9-19-12-21/h1-10,12H,11H2,(H,20,22). The molecule has 0 aliphatic heterocycles. The Morgan fingerprint density at radius 2 is 1.82 bits per heavy atom. The van der Waals surface area contributed by atoms with Crippen LogP contribution in [0.3, 0.4) is 0 Å². The van der Waals surface area contributed by atoms with Crippen molar-refractivity contribution in [2.75, 3.05) is 0 Å². The van der Waals surface area contributed by atoms with Crippen LogP contribution in [0.25, 0.3) is 5.69 Å². The molecule has 1 amide bonds. The molecular formula is C17H14FN3O. The van der Waals surface area contributed by atoms with Crippen LogP contribution in [0.1, 0.15) is 15.9 Å². The second-order valence-corrected chi connectivity index (χ2v) is 4.83. The monoisotopic (exact) mass is 295 g/mol. The summed E-state index contributed by atoms with van der Waals surface area (Å²) in [6.45, 7) is 0.417. The number of rotatable bonds is 4. The topological polar surface area (TPSA) is 46.9 Å². The molecule has 1 heterocycles. The van der Waals surface area contributed by atoms with Crippen molar-refractivity contribution in [3.05, 3.63) is 84.2 Å². The van der Waals surface area contributed by atoms with E-state index < -0.39 is 0 Å². The fourth-order valence-corrected chi connectivity index (χ4v) is 2.08. The summed E-state index contributed by atoms with van der Waals surface area (Å²) < 4.78 is 14.7. The third-order valence-electron chi connectivity index (χ3n) is 3.30. The molecule has 0 saturated carbocycles. The first-order valence-corrected chi connectivity index (χ1v) is 6.83. The first-order valence-electron chi connectivity index (χ1n) is 6.83. The van der Waals surface area contributed by atoms with Crippen LogP contribution in [0, 0.1) is 5.82 Å². The van der Waals surface area contributed by atoms with Crippen molar-refractivity contribution in [2.24, 2.45) is 0 Å². The van der Waals surface area contributed by atoms with Crippen LogP contribution in [0.5, 0.6) is 0 Å². The average molecular weight is 295 g/mol. The Balaban J connectivity index is 1.61. The predicted octanol–water partition coefficient (Wildman–Crippen LogP) is 2.94. The SMILES string of the molecule is O=C(NCc1ccc(-n2ccnc2)cc1)c1ccc(F)cc1. The largest absolute Gasteiger partial charge is 0.348 e. The van der Waals surface area contributed by atoms with E-state index in [1.807, 2.05) is 35.0 Å². The molecule has 3 aromatic rings. The Hall–Kier alpha value is -2.95. The summed E-state index contributed by atoms with van der Waals surface area (Å²) in [6.07, 6.45) is 5.31. The van der Waals surface area contributed by atoms with Gasteiger partial charge in [-0.15, -0.1) is 0 Å². The maximum Gasteiger partial charge on any atom is 0.251 e. The molecule has 22 heavy (non-hydrogen) atoms. The zero-order valence-corrected chi connectivity index (χ0v) is 11.7. The number of aromatic nitrogens is 2. The highest BCUT2D eigenvalue weighted by Crippen LogP contribution is 2.09. The lowest BCUT2D eigenvalue weighted by atomic mass is 10.2. The minimum atomic E-state index is -0.355. The molecule has 0 spiro atoms. The third-order valence-corrected chi connectivity index (χ3v) is 3.30. The minimum Gasteiger partial charge on any atom is -0.348 e. The lowest BCUT2D eigenvalue weighted by Crippen LogP contribution is -2.22. The van der Waals surface area contributed by atoms with Crippen molar-refractivity contribution in [2.45, 2.75) is 6.54 Å². The number of halogens is 1. The van der Waals surface area contributed by atoms with E-state index in [4.69, 9.17) is 0 Å². The number of nitrogens with zero attached hydrogens (tertiary/aromatic N) is 2. The van der Waals surface area contributed by atoms with Gasteiger partial charge in [-0.05, 0) is 42.0 Å². The number of imidazole rings is 1. The van der Waals surface area contributed by atoms with Gasteiger partial charge in [-0.2, -0.15) is 0 Å². The van der Waals surface area contributed by atoms with E-state index in [1.54, 1.807) is 12.5 Å². The number of hydrogen-bond acceptors (Lipinski definition) is 2. The van der Waals surface area contributed by atoms with Gasteiger partial charge >= 0.3 is 0 Å². The van der Waals surface area contributed by atoms with Gasteiger partial charge < -0.3 is 9.88 Å². The summed E-state index contributed by atoms with van der Waals surface area (Å²) in [4.78, 5) is 15.9. The Labute approximate surface area is 127 Å². The molecule has 1 N–H and O–H groups in total. The number of carbonyl (C=O) groups excluding carboxylic acids is 1. The van der Waals surface area contributed by atoms with Crippen LogP contribution >= 0.6 is 0 Å². The molecule has 0 aliphatic rings. The van der Waals surface area contributed by atoms with Gasteiger partial charge in [0.25, 0.3) is 5.91 Å². The normalized spacial score (nSPS) is 10.4. The van der Waals surface area contributed by atoms with Crippen LogP contribution in [-0.2, 0) is 6.54 Å². The average Bonchev–Trinajstić information content (AvgIpc) is 3.08. The van der Waals surface area contributed by atoms with Crippen LogP contribution in [0.2, 0.25) is 0 Å². The number of amides is 1. The van der Waals surface area contributed by atoms with E-state index in [0.29, 0.717) is 12.1 Å². The maximum absolute atomic E-state index is 12.8. The van der Waals surface area contributed by atoms with Crippen molar-refractivity contribution < 1.29 is 9.18 Å². The van der Waals surface area contributed by atoms with E-state index in [2.05, 4.69) is 10.3 Å². The number of benzene rings is 2. The Kier molecular flexibility index (Phi) is 3.96. The molecule has 1 aromatic heterocycles. The minimum absolute atomic E-state index is 0.223. The summed E-state index contributed by atoms with van der Waals surface area (Å²) in [5.74, 6) is -0.578. The van der Waals surface area contributed by atoms with Crippen molar-refractivity contribution >= 4 is 5.91 Å². The lowest BCUT2D eigenvalue weighted by Gasteiger charge is -2.07. The van der Waals surface area contributed by atoms with E-state index in [1.165, 1.54) is 24.3 Å². The van der Waals surface area contributed by atoms with Gasteiger partial charge in [-0.25, -0.2) is 9.37 Å². The van der Waals surface area contributed by atoms with Gasteiger partial charge in [0.1, 0.15) is 5.82 Å². The van der Waals surface area contributed by atoms with Crippen LogP contribution in [-0.4, -0.2) is 15.5 Å². The zero-order chi connectivity index (χ0) is 15.4. The maximum atomic E-state index is 12.8. The van der Waals surface area contributed by atoms with E-state index in [-0.39, 0.29) is 11.7 Å². The number of carbonyl (C=O) groups is 1. The molecule has 5 heteroatoms. The van der Waals surface area contributed by atoms with E-state index in [0.717, 1.165) is 11.3 Å². The third kappa shape index (κ3) is 3.20. The van der Waals surface area contributed by atoms with Gasteiger partial charge in [-0.1, -0.05) is 12.1 Å². The summed E-state index contributed by atoms with van der Waals surface area (Å²) in [6, 6.07) is 13.3. The summed E-state index contributed by atoms with van der Waals surface area (Å²) in [7, 11) is 0. The predicted molar refractivity (Wildman–Crippen MR) is 81.1 cm³/mol. The molecule has 0 bridgehead atoms. The molecule has 0 atom stereocenters. The molecule has 0 unspecified atom stereocenters. The highest BCUT2D eigenvalue weighted by Gasteiger charge is 2.05. The second-order valence-electron chi connectivity index (χ2n) is 4.83. The van der Waals surface area contributed by atoms with Gasteiger partial charge in [0.05, 0.1) is 6.33 Å². The molecule has 0 fully saturated rings. The smallest absolute Gasteiger partial charge is 0.251 e. The second kappa shape index (κ2) is 6.22. The summed E-state index contributed by atoms with van der Waals surface area (Å²) >= 11 is 0. The van der Waals surface area contributed by atoms with Gasteiger partial charge in [-0.3, -0.25) is 4.79 Å². The Morgan fingerprint density at radius 3 is 2.45 bits per heavy atom. The van der Waals surface area contributed by atoms with Crippen molar-refractivity contribution in [1.82, 2.24) is 14.9 Å². The molecule has 110 valence electrons. The molecule has 3 rings (SSSR count). The number of nitrogens with one attached hydrogen (secondary N) is 1. The zero-order valence-electron chi connectivity index (χ0n) is 11.7. The van der Waals surface area contributed by atoms with Crippen LogP contribution < -0.4 is 5.32 Å². The Bertz CT molecular complexity index is 750. The molecule has 0 aliphatic carbocycles. The van der Waals surface area contributed by atoms with Crippen molar-refractivity contribution in [3.63, 3.8) is 0 Å². The lowest BCUT2D eigenvalue weighted by molar-refractivity contribution is 0.0951. The van der Waals surface area contributed by atoms with Gasteiger partial charge in [0.2, 0.25) is 0 Å². The first-order chi connectivity index (χ1) is 10.7. The molecule has 2 aromatic carbocycles. The quantitative estimate of drug-likeness (QED) is 0.804. The van der Waals surface area contributed by atoms with E-state index >= 15 is 0 Å². The van der Waals surface area contributed by atoms with Crippen LogP contribution in [0.15, 0.2) is 67.3 Å². The molecule has 0 saturated heterocycles. The highest BCUT2D eigenvalue weighted by atomic mass is 19.1. The fraction of sp³-hybridized carbons (Fsp3) is 0.0588.